The molecule has 1 aromatic rings. The molecule has 0 aromatic carbocycles. The quantitative estimate of drug-likeness (QED) is 0.690. The first kappa shape index (κ1) is 22.6. The molecule has 1 heterocycles. The fourth-order valence-corrected chi connectivity index (χ4v) is 8.47. The summed E-state index contributed by atoms with van der Waals surface area (Å²) in [5.74, 6) is 3.21. The number of carbonyl (C=O) groups is 1. The van der Waals surface area contributed by atoms with Crippen molar-refractivity contribution in [3.8, 4) is 18.4 Å². The van der Waals surface area contributed by atoms with Crippen LogP contribution in [0.15, 0.2) is 6.20 Å². The van der Waals surface area contributed by atoms with Crippen molar-refractivity contribution in [1.82, 2.24) is 9.78 Å². The molecule has 0 radical (unpaired) electrons. The second-order valence-electron chi connectivity index (χ2n) is 11.8. The smallest absolute Gasteiger partial charge is 0.157 e. The lowest BCUT2D eigenvalue weighted by Gasteiger charge is -2.59. The van der Waals surface area contributed by atoms with Crippen molar-refractivity contribution < 1.29 is 14.3 Å². The molecule has 1 N–H and O–H groups in total. The third-order valence-corrected chi connectivity index (χ3v) is 10.0. The average molecular weight is 452 g/mol. The molecule has 33 heavy (non-hydrogen) atoms. The summed E-state index contributed by atoms with van der Waals surface area (Å²) in [4.78, 5) is 13.4. The third-order valence-electron chi connectivity index (χ3n) is 10.0. The Morgan fingerprint density at radius 1 is 1.24 bits per heavy atom. The number of carbonyl (C=O) groups excluding carboxylic acids is 1. The van der Waals surface area contributed by atoms with Gasteiger partial charge in [0, 0.05) is 12.1 Å². The van der Waals surface area contributed by atoms with Crippen LogP contribution in [0.5, 0.6) is 0 Å². The SMILES string of the molecule is C#Cc1nn(CC(=O)[C@H]2CC[C@H]3[C@@H]4CC[C@@H]5C[C@](C)(O)CC[C@]5(F)[C@H]4CC[C@]23C)cc1C#N. The van der Waals surface area contributed by atoms with E-state index in [9.17, 15) is 15.2 Å². The first-order valence-corrected chi connectivity index (χ1v) is 12.5. The van der Waals surface area contributed by atoms with E-state index in [2.05, 4.69) is 17.9 Å². The van der Waals surface area contributed by atoms with Gasteiger partial charge in [0.05, 0.1) is 12.1 Å². The fraction of sp³-hybridized carbons (Fsp3) is 0.741. The minimum atomic E-state index is -1.16. The number of hydrogen-bond donors (Lipinski definition) is 1. The van der Waals surface area contributed by atoms with Crippen LogP contribution in [0.4, 0.5) is 4.39 Å². The Hall–Kier alpha value is -2.18. The predicted molar refractivity (Wildman–Crippen MR) is 121 cm³/mol. The number of rotatable bonds is 3. The van der Waals surface area contributed by atoms with E-state index in [0.717, 1.165) is 38.5 Å². The molecule has 0 amide bonds. The summed E-state index contributed by atoms with van der Waals surface area (Å²) in [6.45, 7) is 4.24. The number of halogens is 1. The molecule has 4 aliphatic carbocycles. The molecule has 1 aromatic heterocycles. The van der Waals surface area contributed by atoms with Crippen molar-refractivity contribution in [2.24, 2.45) is 35.0 Å². The number of Topliss-reactive ketones (excluding diaryl/α,β-unsaturated/α-hetero) is 1. The second-order valence-corrected chi connectivity index (χ2v) is 11.8. The number of nitriles is 1. The topological polar surface area (TPSA) is 78.9 Å². The van der Waals surface area contributed by atoms with Gasteiger partial charge in [0.15, 0.2) is 11.5 Å². The first-order valence-electron chi connectivity index (χ1n) is 12.5. The van der Waals surface area contributed by atoms with Crippen LogP contribution < -0.4 is 0 Å². The number of aliphatic hydroxyl groups is 1. The molecule has 0 aliphatic heterocycles. The number of nitrogens with zero attached hydrogens (tertiary/aromatic N) is 3. The lowest BCUT2D eigenvalue weighted by atomic mass is 9.48. The van der Waals surface area contributed by atoms with E-state index in [1.165, 1.54) is 4.68 Å². The Morgan fingerprint density at radius 2 is 2.03 bits per heavy atom. The van der Waals surface area contributed by atoms with Gasteiger partial charge in [0.2, 0.25) is 0 Å². The Kier molecular flexibility index (Phi) is 5.25. The van der Waals surface area contributed by atoms with Crippen molar-refractivity contribution >= 4 is 5.78 Å². The first-order chi connectivity index (χ1) is 15.6. The maximum absolute atomic E-state index is 16.5. The van der Waals surface area contributed by atoms with E-state index >= 15 is 4.39 Å². The van der Waals surface area contributed by atoms with Gasteiger partial charge in [0.25, 0.3) is 0 Å². The van der Waals surface area contributed by atoms with Gasteiger partial charge in [-0.05, 0) is 99.7 Å². The van der Waals surface area contributed by atoms with Gasteiger partial charge in [-0.1, -0.05) is 6.92 Å². The lowest BCUT2D eigenvalue weighted by Crippen LogP contribution is -2.58. The number of aromatic nitrogens is 2. The normalized spacial score (nSPS) is 44.1. The second kappa shape index (κ2) is 7.67. The van der Waals surface area contributed by atoms with Crippen LogP contribution in [0.2, 0.25) is 0 Å². The van der Waals surface area contributed by atoms with Crippen molar-refractivity contribution in [3.05, 3.63) is 17.5 Å². The van der Waals surface area contributed by atoms with Crippen LogP contribution in [-0.2, 0) is 11.3 Å². The molecule has 5 rings (SSSR count). The summed E-state index contributed by atoms with van der Waals surface area (Å²) in [5.41, 5.74) is -1.42. The van der Waals surface area contributed by atoms with E-state index < -0.39 is 11.3 Å². The molecule has 4 aliphatic rings. The van der Waals surface area contributed by atoms with Gasteiger partial charge < -0.3 is 5.11 Å². The van der Waals surface area contributed by atoms with Gasteiger partial charge in [0.1, 0.15) is 17.3 Å². The van der Waals surface area contributed by atoms with Crippen LogP contribution in [0.1, 0.15) is 82.9 Å². The summed E-state index contributed by atoms with van der Waals surface area (Å²) in [6.07, 6.45) is 14.0. The molecular weight excluding hydrogens is 417 g/mol. The zero-order valence-corrected chi connectivity index (χ0v) is 19.7. The molecule has 4 fully saturated rings. The fourth-order valence-electron chi connectivity index (χ4n) is 8.47. The third kappa shape index (κ3) is 3.45. The molecule has 6 heteroatoms. The number of terminal acetylenes is 1. The minimum Gasteiger partial charge on any atom is -0.390 e. The number of fused-ring (bicyclic) bond motifs is 5. The molecule has 5 nitrogen and oxygen atoms in total. The summed E-state index contributed by atoms with van der Waals surface area (Å²) < 4.78 is 18.0. The summed E-state index contributed by atoms with van der Waals surface area (Å²) >= 11 is 0. The van der Waals surface area contributed by atoms with Crippen LogP contribution in [0.3, 0.4) is 0 Å². The van der Waals surface area contributed by atoms with Crippen LogP contribution >= 0.6 is 0 Å². The van der Waals surface area contributed by atoms with Crippen LogP contribution in [0.25, 0.3) is 0 Å². The Labute approximate surface area is 195 Å². The highest BCUT2D eigenvalue weighted by Crippen LogP contribution is 2.66. The summed E-state index contributed by atoms with van der Waals surface area (Å²) in [7, 11) is 0. The molecule has 0 bridgehead atoms. The molecule has 4 saturated carbocycles. The molecule has 176 valence electrons. The van der Waals surface area contributed by atoms with Gasteiger partial charge in [-0.15, -0.1) is 6.42 Å². The highest BCUT2D eigenvalue weighted by atomic mass is 19.1. The zero-order chi connectivity index (χ0) is 23.6. The number of ketones is 1. The summed E-state index contributed by atoms with van der Waals surface area (Å²) in [6, 6.07) is 2.04. The van der Waals surface area contributed by atoms with E-state index in [0.29, 0.717) is 36.7 Å². The predicted octanol–water partition coefficient (Wildman–Crippen LogP) is 4.42. The van der Waals surface area contributed by atoms with Gasteiger partial charge in [-0.3, -0.25) is 9.48 Å². The molecule has 0 unspecified atom stereocenters. The van der Waals surface area contributed by atoms with E-state index in [1.807, 2.05) is 13.0 Å². The lowest BCUT2D eigenvalue weighted by molar-refractivity contribution is -0.166. The van der Waals surface area contributed by atoms with Crippen LogP contribution in [-0.4, -0.2) is 31.9 Å². The standard InChI is InChI=1S/C27H34FN3O2/c1-4-23-17(14-29)15-31(30-23)16-24(32)22-8-7-20-19-6-5-18-13-25(2,33)11-12-27(18,28)21(19)9-10-26(20,22)3/h1,15,18-22,33H,5-13,16H2,2-3H3/t18-,19+,20+,21+,22-,25-,26+,27-/m1/s1. The molecular formula is C27H34FN3O2. The maximum Gasteiger partial charge on any atom is 0.157 e. The number of hydrogen-bond acceptors (Lipinski definition) is 4. The Morgan fingerprint density at radius 3 is 2.73 bits per heavy atom. The van der Waals surface area contributed by atoms with Gasteiger partial charge in [-0.2, -0.15) is 10.4 Å². The number of alkyl halides is 1. The zero-order valence-electron chi connectivity index (χ0n) is 19.7. The van der Waals surface area contributed by atoms with Crippen molar-refractivity contribution in [2.45, 2.75) is 89.4 Å². The Balaban J connectivity index is 1.34. The van der Waals surface area contributed by atoms with Crippen molar-refractivity contribution in [1.29, 1.82) is 5.26 Å². The minimum absolute atomic E-state index is 0.0369. The van der Waals surface area contributed by atoms with E-state index in [-0.39, 0.29) is 41.2 Å². The van der Waals surface area contributed by atoms with Crippen molar-refractivity contribution in [2.75, 3.05) is 0 Å². The highest BCUT2D eigenvalue weighted by molar-refractivity contribution is 5.82. The molecule has 0 saturated heterocycles. The molecule has 0 spiro atoms. The van der Waals surface area contributed by atoms with E-state index in [1.54, 1.807) is 6.20 Å². The van der Waals surface area contributed by atoms with Crippen LogP contribution in [0, 0.1) is 58.7 Å². The van der Waals surface area contributed by atoms with Gasteiger partial charge >= 0.3 is 0 Å². The highest BCUT2D eigenvalue weighted by Gasteiger charge is 2.63. The largest absolute Gasteiger partial charge is 0.390 e. The molecule has 8 atom stereocenters. The summed E-state index contributed by atoms with van der Waals surface area (Å²) in [5, 5.41) is 24.0. The maximum atomic E-state index is 16.5. The van der Waals surface area contributed by atoms with Crippen molar-refractivity contribution in [3.63, 3.8) is 0 Å². The van der Waals surface area contributed by atoms with E-state index in [4.69, 9.17) is 6.42 Å². The van der Waals surface area contributed by atoms with Gasteiger partial charge in [-0.25, -0.2) is 4.39 Å². The monoisotopic (exact) mass is 451 g/mol. The average Bonchev–Trinajstić information content (AvgIpc) is 3.33. The Bertz CT molecular complexity index is 1020.